The molecule has 4 heteroatoms. The van der Waals surface area contributed by atoms with Crippen LogP contribution in [0.25, 0.3) is 0 Å². The van der Waals surface area contributed by atoms with E-state index >= 15 is 0 Å². The maximum Gasteiger partial charge on any atom is 0.188 e. The first-order valence-corrected chi connectivity index (χ1v) is 8.64. The molecule has 0 rings (SSSR count). The lowest BCUT2D eigenvalue weighted by molar-refractivity contribution is -0.111. The fraction of sp³-hybridized carbons (Fsp3) is 0.923. The number of hydrogen-bond donors (Lipinski definition) is 1. The Hall–Kier alpha value is 0.710. The minimum atomic E-state index is 0.318. The van der Waals surface area contributed by atoms with E-state index in [1.165, 1.54) is 24.6 Å². The van der Waals surface area contributed by atoms with Crippen molar-refractivity contribution in [2.24, 2.45) is 0 Å². The standard InChI is InChI=1S/C13H26INOS/c1-11(10-13(2,3)14)15-9-7-5-6-8-12(16)17-4/h11,15H,5-10H2,1-4H3/t11-/m1/s1. The van der Waals surface area contributed by atoms with Crippen LogP contribution in [0, 0.1) is 0 Å². The van der Waals surface area contributed by atoms with Crippen molar-refractivity contribution in [2.75, 3.05) is 12.8 Å². The minimum Gasteiger partial charge on any atom is -0.314 e. The third-order valence-electron chi connectivity index (χ3n) is 2.57. The average molecular weight is 371 g/mol. The fourth-order valence-corrected chi connectivity index (χ4v) is 2.83. The van der Waals surface area contributed by atoms with Gasteiger partial charge in [-0.15, -0.1) is 0 Å². The Morgan fingerprint density at radius 2 is 2.00 bits per heavy atom. The Bertz CT molecular complexity index is 216. The maximum atomic E-state index is 11.1. The predicted molar refractivity (Wildman–Crippen MR) is 87.2 cm³/mol. The first-order valence-electron chi connectivity index (χ1n) is 6.34. The number of rotatable bonds is 9. The highest BCUT2D eigenvalue weighted by atomic mass is 127. The number of halogens is 1. The van der Waals surface area contributed by atoms with Crippen LogP contribution in [0.1, 0.15) is 52.9 Å². The lowest BCUT2D eigenvalue weighted by Crippen LogP contribution is -2.32. The van der Waals surface area contributed by atoms with Crippen molar-refractivity contribution in [1.82, 2.24) is 5.32 Å². The lowest BCUT2D eigenvalue weighted by atomic mass is 10.0. The third-order valence-corrected chi connectivity index (χ3v) is 3.67. The summed E-state index contributed by atoms with van der Waals surface area (Å²) in [7, 11) is 0. The maximum absolute atomic E-state index is 11.1. The summed E-state index contributed by atoms with van der Waals surface area (Å²) in [5, 5.41) is 3.86. The SMILES string of the molecule is CSC(=O)CCCCCN[C@H](C)CC(C)(C)I. The van der Waals surface area contributed by atoms with Gasteiger partial charge in [0.05, 0.1) is 0 Å². The van der Waals surface area contributed by atoms with Gasteiger partial charge in [-0.25, -0.2) is 0 Å². The van der Waals surface area contributed by atoms with E-state index in [0.29, 0.717) is 14.6 Å². The molecule has 0 heterocycles. The topological polar surface area (TPSA) is 29.1 Å². The van der Waals surface area contributed by atoms with Crippen LogP contribution in [0.2, 0.25) is 0 Å². The number of thioether (sulfide) groups is 1. The highest BCUT2D eigenvalue weighted by Crippen LogP contribution is 2.22. The summed E-state index contributed by atoms with van der Waals surface area (Å²) in [5.74, 6) is 0. The molecule has 1 atom stereocenters. The Morgan fingerprint density at radius 3 is 2.53 bits per heavy atom. The second kappa shape index (κ2) is 9.62. The Kier molecular flexibility index (Phi) is 10.0. The number of unbranched alkanes of at least 4 members (excludes halogenated alkanes) is 2. The molecule has 0 fully saturated rings. The average Bonchev–Trinajstić information content (AvgIpc) is 2.20. The quantitative estimate of drug-likeness (QED) is 0.377. The molecular weight excluding hydrogens is 345 g/mol. The number of nitrogens with one attached hydrogen (secondary N) is 1. The van der Waals surface area contributed by atoms with E-state index in [0.717, 1.165) is 25.8 Å². The smallest absolute Gasteiger partial charge is 0.188 e. The summed E-state index contributed by atoms with van der Waals surface area (Å²) < 4.78 is 0.370. The molecule has 0 aromatic rings. The summed E-state index contributed by atoms with van der Waals surface area (Å²) in [6.45, 7) is 7.85. The summed E-state index contributed by atoms with van der Waals surface area (Å²) in [6, 6.07) is 0.578. The van der Waals surface area contributed by atoms with Gasteiger partial charge in [-0.1, -0.05) is 54.6 Å². The number of carbonyl (C=O) groups is 1. The van der Waals surface area contributed by atoms with Crippen LogP contribution in [-0.2, 0) is 4.79 Å². The summed E-state index contributed by atoms with van der Waals surface area (Å²) >= 11 is 3.84. The lowest BCUT2D eigenvalue weighted by Gasteiger charge is -2.22. The molecule has 0 unspecified atom stereocenters. The molecule has 0 saturated heterocycles. The van der Waals surface area contributed by atoms with Crippen LogP contribution >= 0.6 is 34.4 Å². The second-order valence-corrected chi connectivity index (χ2v) is 8.95. The van der Waals surface area contributed by atoms with E-state index in [2.05, 4.69) is 48.7 Å². The van der Waals surface area contributed by atoms with Gasteiger partial charge in [0, 0.05) is 15.9 Å². The van der Waals surface area contributed by atoms with Gasteiger partial charge in [0.2, 0.25) is 0 Å². The van der Waals surface area contributed by atoms with Crippen molar-refractivity contribution in [3.8, 4) is 0 Å². The molecule has 0 aliphatic rings. The van der Waals surface area contributed by atoms with Crippen LogP contribution in [-0.4, -0.2) is 27.4 Å². The van der Waals surface area contributed by atoms with Crippen molar-refractivity contribution in [1.29, 1.82) is 0 Å². The molecule has 0 aliphatic heterocycles. The van der Waals surface area contributed by atoms with Gasteiger partial charge in [-0.05, 0) is 39.0 Å². The molecule has 0 radical (unpaired) electrons. The number of carbonyl (C=O) groups excluding carboxylic acids is 1. The van der Waals surface area contributed by atoms with Gasteiger partial charge in [0.15, 0.2) is 5.12 Å². The van der Waals surface area contributed by atoms with E-state index in [1.54, 1.807) is 0 Å². The normalized spacial score (nSPS) is 13.7. The highest BCUT2D eigenvalue weighted by Gasteiger charge is 2.16. The summed E-state index contributed by atoms with van der Waals surface area (Å²) in [6.07, 6.45) is 7.15. The zero-order chi connectivity index (χ0) is 13.3. The van der Waals surface area contributed by atoms with Crippen molar-refractivity contribution in [3.05, 3.63) is 0 Å². The molecule has 2 nitrogen and oxygen atoms in total. The molecule has 0 amide bonds. The molecule has 0 spiro atoms. The van der Waals surface area contributed by atoms with Gasteiger partial charge in [-0.2, -0.15) is 0 Å². The molecule has 17 heavy (non-hydrogen) atoms. The predicted octanol–water partition coefficient (Wildman–Crippen LogP) is 4.02. The van der Waals surface area contributed by atoms with Crippen molar-refractivity contribution in [2.45, 2.75) is 62.3 Å². The highest BCUT2D eigenvalue weighted by molar-refractivity contribution is 14.1. The summed E-state index contributed by atoms with van der Waals surface area (Å²) in [5.41, 5.74) is 0. The number of alkyl halides is 1. The second-order valence-electron chi connectivity index (χ2n) is 5.16. The molecule has 0 aromatic carbocycles. The van der Waals surface area contributed by atoms with E-state index in [1.807, 2.05) is 6.26 Å². The van der Waals surface area contributed by atoms with Crippen molar-refractivity contribution < 1.29 is 4.79 Å². The number of hydrogen-bond acceptors (Lipinski definition) is 3. The molecule has 0 aliphatic carbocycles. The van der Waals surface area contributed by atoms with Gasteiger partial charge < -0.3 is 5.32 Å². The summed E-state index contributed by atoms with van der Waals surface area (Å²) in [4.78, 5) is 11.1. The van der Waals surface area contributed by atoms with Gasteiger partial charge in [0.1, 0.15) is 0 Å². The first kappa shape index (κ1) is 17.7. The molecule has 102 valence electrons. The molecule has 0 saturated carbocycles. The van der Waals surface area contributed by atoms with Crippen LogP contribution < -0.4 is 5.32 Å². The minimum absolute atomic E-state index is 0.318. The molecular formula is C13H26INOS. The molecule has 0 aromatic heterocycles. The van der Waals surface area contributed by atoms with Gasteiger partial charge >= 0.3 is 0 Å². The third kappa shape index (κ3) is 12.9. The zero-order valence-electron chi connectivity index (χ0n) is 11.5. The van der Waals surface area contributed by atoms with Crippen LogP contribution in [0.15, 0.2) is 0 Å². The molecule has 1 N–H and O–H groups in total. The zero-order valence-corrected chi connectivity index (χ0v) is 14.5. The van der Waals surface area contributed by atoms with Crippen LogP contribution in [0.3, 0.4) is 0 Å². The van der Waals surface area contributed by atoms with Crippen LogP contribution in [0.4, 0.5) is 0 Å². The van der Waals surface area contributed by atoms with E-state index < -0.39 is 0 Å². The first-order chi connectivity index (χ1) is 7.85. The van der Waals surface area contributed by atoms with E-state index in [9.17, 15) is 4.79 Å². The fourth-order valence-electron chi connectivity index (χ4n) is 1.82. The van der Waals surface area contributed by atoms with E-state index in [4.69, 9.17) is 0 Å². The monoisotopic (exact) mass is 371 g/mol. The molecule has 0 bridgehead atoms. The van der Waals surface area contributed by atoms with Crippen molar-refractivity contribution in [3.63, 3.8) is 0 Å². The Balaban J connectivity index is 3.37. The van der Waals surface area contributed by atoms with Gasteiger partial charge in [-0.3, -0.25) is 4.79 Å². The largest absolute Gasteiger partial charge is 0.314 e. The van der Waals surface area contributed by atoms with Gasteiger partial charge in [0.25, 0.3) is 0 Å². The van der Waals surface area contributed by atoms with Crippen LogP contribution in [0.5, 0.6) is 0 Å². The Labute approximate surface area is 124 Å². The van der Waals surface area contributed by atoms with E-state index in [-0.39, 0.29) is 0 Å². The van der Waals surface area contributed by atoms with Crippen molar-refractivity contribution >= 4 is 39.5 Å². The Morgan fingerprint density at radius 1 is 1.35 bits per heavy atom.